The Morgan fingerprint density at radius 3 is 1.18 bits per heavy atom. The Balaban J connectivity index is 1.10. The predicted octanol–water partition coefficient (Wildman–Crippen LogP) is 11.4. The van der Waals surface area contributed by atoms with Crippen LogP contribution < -0.4 is 10.3 Å². The predicted molar refractivity (Wildman–Crippen MR) is 224 cm³/mol. The zero-order valence-corrected chi connectivity index (χ0v) is 30.0. The molecule has 0 fully saturated rings. The fourth-order valence-electron chi connectivity index (χ4n) is 7.00. The number of anilines is 1. The van der Waals surface area contributed by atoms with E-state index in [0.29, 0.717) is 0 Å². The van der Waals surface area contributed by atoms with Gasteiger partial charge in [0.1, 0.15) is 0 Å². The van der Waals surface area contributed by atoms with Crippen LogP contribution in [0, 0.1) is 0 Å². The molecule has 9 aromatic rings. The second-order valence-corrected chi connectivity index (χ2v) is 13.4. The Hall–Kier alpha value is -7.50. The van der Waals surface area contributed by atoms with Gasteiger partial charge in [0, 0.05) is 53.5 Å². The first-order chi connectivity index (χ1) is 27.2. The minimum atomic E-state index is 0.748. The molecule has 0 aliphatic carbocycles. The topological polar surface area (TPSA) is 68.6 Å². The van der Waals surface area contributed by atoms with E-state index in [4.69, 9.17) is 10.7 Å². The third kappa shape index (κ3) is 7.02. The van der Waals surface area contributed by atoms with Gasteiger partial charge >= 0.3 is 0 Å². The van der Waals surface area contributed by atoms with E-state index in [1.54, 1.807) is 12.4 Å². The van der Waals surface area contributed by atoms with Gasteiger partial charge in [0.15, 0.2) is 0 Å². The molecule has 4 heterocycles. The fraction of sp³-hybridized carbons (Fsp3) is 0. The number of rotatable bonds is 8. The van der Waals surface area contributed by atoms with Gasteiger partial charge < -0.3 is 5.73 Å². The van der Waals surface area contributed by atoms with Gasteiger partial charge in [0.25, 0.3) is 0 Å². The lowest BCUT2D eigenvalue weighted by Crippen LogP contribution is -2.36. The number of pyridine rings is 4. The van der Waals surface area contributed by atoms with E-state index in [9.17, 15) is 0 Å². The third-order valence-electron chi connectivity index (χ3n) is 9.81. The summed E-state index contributed by atoms with van der Waals surface area (Å²) in [7, 11) is 0. The SMILES string of the molecule is Nc1ccc(-c2cc(-c3ccccc3)[n+](-c3ccc(-c4ccc(-c5cc(-c6ccccn6)nc(-c6ccccn6)c5)cc4)cc3)c(-c3ccccc3)c2)cc1. The van der Waals surface area contributed by atoms with Crippen LogP contribution in [0.1, 0.15) is 0 Å². The fourth-order valence-corrected chi connectivity index (χ4v) is 7.00. The van der Waals surface area contributed by atoms with Crippen LogP contribution in [-0.2, 0) is 0 Å². The summed E-state index contributed by atoms with van der Waals surface area (Å²) in [5.41, 5.74) is 22.3. The van der Waals surface area contributed by atoms with Crippen LogP contribution >= 0.6 is 0 Å². The first kappa shape index (κ1) is 33.3. The van der Waals surface area contributed by atoms with E-state index in [-0.39, 0.29) is 0 Å². The standard InChI is InChI=1S/C50H35N5/c51-43-25-21-38(22-26-43)42-33-49(39-11-3-1-4-12-39)55(50(34-42)40-13-5-2-6-14-40)44-27-23-36(24-28-44)35-17-19-37(20-18-35)41-31-47(45-15-7-9-29-52-45)54-48(32-41)46-16-8-10-30-53-46/h1-34,51H/p+1. The zero-order chi connectivity index (χ0) is 37.0. The summed E-state index contributed by atoms with van der Waals surface area (Å²) in [6, 6.07) is 67.4. The van der Waals surface area contributed by atoms with Gasteiger partial charge in [-0.25, -0.2) is 4.98 Å². The smallest absolute Gasteiger partial charge is 0.219 e. The van der Waals surface area contributed by atoms with Crippen molar-refractivity contribution in [2.75, 3.05) is 5.73 Å². The summed E-state index contributed by atoms with van der Waals surface area (Å²) in [5, 5.41) is 0. The van der Waals surface area contributed by atoms with Crippen molar-refractivity contribution in [2.45, 2.75) is 0 Å². The molecule has 0 atom stereocenters. The van der Waals surface area contributed by atoms with Crippen LogP contribution in [0.4, 0.5) is 5.69 Å². The molecule has 0 spiro atoms. The lowest BCUT2D eigenvalue weighted by molar-refractivity contribution is -0.572. The largest absolute Gasteiger partial charge is 0.399 e. The number of nitrogens with two attached hydrogens (primary N) is 1. The Morgan fingerprint density at radius 2 is 0.727 bits per heavy atom. The van der Waals surface area contributed by atoms with Crippen molar-refractivity contribution in [1.29, 1.82) is 0 Å². The van der Waals surface area contributed by atoms with Gasteiger partial charge in [-0.05, 0) is 118 Å². The van der Waals surface area contributed by atoms with Gasteiger partial charge in [-0.1, -0.05) is 84.9 Å². The molecule has 0 saturated carbocycles. The van der Waals surface area contributed by atoms with Crippen LogP contribution in [0.2, 0.25) is 0 Å². The quantitative estimate of drug-likeness (QED) is 0.126. The van der Waals surface area contributed by atoms with Crippen molar-refractivity contribution in [1.82, 2.24) is 15.0 Å². The van der Waals surface area contributed by atoms with Gasteiger partial charge in [-0.3, -0.25) is 9.97 Å². The maximum Gasteiger partial charge on any atom is 0.219 e. The van der Waals surface area contributed by atoms with Crippen molar-refractivity contribution in [3.05, 3.63) is 207 Å². The molecule has 0 amide bonds. The maximum atomic E-state index is 6.08. The van der Waals surface area contributed by atoms with E-state index >= 15 is 0 Å². The van der Waals surface area contributed by atoms with Crippen LogP contribution in [0.25, 0.3) is 84.4 Å². The summed E-state index contributed by atoms with van der Waals surface area (Å²) >= 11 is 0. The van der Waals surface area contributed by atoms with Gasteiger partial charge in [0.05, 0.1) is 22.8 Å². The van der Waals surface area contributed by atoms with E-state index in [1.807, 2.05) is 48.5 Å². The molecule has 260 valence electrons. The number of nitrogens with zero attached hydrogens (tertiary/aromatic N) is 4. The lowest BCUT2D eigenvalue weighted by Gasteiger charge is -2.13. The number of benzene rings is 5. The highest BCUT2D eigenvalue weighted by Gasteiger charge is 2.25. The van der Waals surface area contributed by atoms with Crippen LogP contribution in [0.15, 0.2) is 207 Å². The first-order valence-corrected chi connectivity index (χ1v) is 18.3. The van der Waals surface area contributed by atoms with Crippen LogP contribution in [0.5, 0.6) is 0 Å². The molecule has 0 unspecified atom stereocenters. The van der Waals surface area contributed by atoms with Crippen molar-refractivity contribution in [3.8, 4) is 84.4 Å². The summed E-state index contributed by atoms with van der Waals surface area (Å²) < 4.78 is 2.36. The minimum absolute atomic E-state index is 0.748. The van der Waals surface area contributed by atoms with E-state index in [1.165, 1.54) is 0 Å². The van der Waals surface area contributed by atoms with Gasteiger partial charge in [-0.15, -0.1) is 0 Å². The Bertz CT molecular complexity index is 2580. The second kappa shape index (κ2) is 14.9. The van der Waals surface area contributed by atoms with E-state index in [0.717, 1.165) is 90.0 Å². The highest BCUT2D eigenvalue weighted by molar-refractivity contribution is 5.78. The van der Waals surface area contributed by atoms with Crippen LogP contribution in [-0.4, -0.2) is 15.0 Å². The summed E-state index contributed by atoms with van der Waals surface area (Å²) in [4.78, 5) is 14.1. The molecule has 5 heteroatoms. The maximum absolute atomic E-state index is 6.08. The molecule has 0 aliphatic rings. The van der Waals surface area contributed by atoms with Crippen molar-refractivity contribution in [2.24, 2.45) is 0 Å². The molecule has 9 rings (SSSR count). The number of hydrogen-bond donors (Lipinski definition) is 1. The number of nitrogen functional groups attached to an aromatic ring is 1. The Morgan fingerprint density at radius 1 is 0.327 bits per heavy atom. The summed E-state index contributed by atoms with van der Waals surface area (Å²) in [6.07, 6.45) is 3.59. The van der Waals surface area contributed by atoms with Crippen molar-refractivity contribution in [3.63, 3.8) is 0 Å². The zero-order valence-electron chi connectivity index (χ0n) is 30.0. The molecule has 0 saturated heterocycles. The molecule has 2 N–H and O–H groups in total. The van der Waals surface area contributed by atoms with Crippen molar-refractivity contribution >= 4 is 5.69 Å². The monoisotopic (exact) mass is 706 g/mol. The first-order valence-electron chi connectivity index (χ1n) is 18.3. The van der Waals surface area contributed by atoms with Gasteiger partial charge in [-0.2, -0.15) is 4.57 Å². The highest BCUT2D eigenvalue weighted by atomic mass is 15.0. The average Bonchev–Trinajstić information content (AvgIpc) is 3.27. The third-order valence-corrected chi connectivity index (χ3v) is 9.81. The molecule has 5 aromatic carbocycles. The normalized spacial score (nSPS) is 11.0. The van der Waals surface area contributed by atoms with E-state index < -0.39 is 0 Å². The average molecular weight is 707 g/mol. The molecule has 4 aromatic heterocycles. The molecule has 0 aliphatic heterocycles. The second-order valence-electron chi connectivity index (χ2n) is 13.4. The minimum Gasteiger partial charge on any atom is -0.399 e. The molecular weight excluding hydrogens is 671 g/mol. The molecule has 5 nitrogen and oxygen atoms in total. The summed E-state index contributed by atoms with van der Waals surface area (Å²) in [5.74, 6) is 0. The molecule has 0 bridgehead atoms. The summed E-state index contributed by atoms with van der Waals surface area (Å²) in [6.45, 7) is 0. The highest BCUT2D eigenvalue weighted by Crippen LogP contribution is 2.33. The van der Waals surface area contributed by atoms with E-state index in [2.05, 4.69) is 160 Å². The number of hydrogen-bond acceptors (Lipinski definition) is 4. The Labute approximate surface area is 320 Å². The molecule has 0 radical (unpaired) electrons. The molecular formula is C50H36N5+. The Kier molecular flexibility index (Phi) is 9.01. The van der Waals surface area contributed by atoms with Crippen LogP contribution in [0.3, 0.4) is 0 Å². The lowest BCUT2D eigenvalue weighted by atomic mass is 9.97. The van der Waals surface area contributed by atoms with Gasteiger partial charge in [0.2, 0.25) is 17.1 Å². The van der Waals surface area contributed by atoms with Crippen molar-refractivity contribution < 1.29 is 4.57 Å². The number of aromatic nitrogens is 4. The molecule has 55 heavy (non-hydrogen) atoms.